The largest absolute Gasteiger partial charge is 0.416 e. The summed E-state index contributed by atoms with van der Waals surface area (Å²) in [6.45, 7) is 2.56. The van der Waals surface area contributed by atoms with E-state index in [1.54, 1.807) is 6.07 Å². The minimum absolute atomic E-state index is 0.0226. The quantitative estimate of drug-likeness (QED) is 0.920. The van der Waals surface area contributed by atoms with Crippen LogP contribution < -0.4 is 10.2 Å². The highest BCUT2D eigenvalue weighted by Gasteiger charge is 2.30. The predicted octanol–water partition coefficient (Wildman–Crippen LogP) is 2.58. The van der Waals surface area contributed by atoms with Gasteiger partial charge in [0.15, 0.2) is 11.5 Å². The van der Waals surface area contributed by atoms with Crippen LogP contribution in [0.3, 0.4) is 0 Å². The molecule has 1 aromatic heterocycles. The van der Waals surface area contributed by atoms with Crippen LogP contribution in [0.2, 0.25) is 0 Å². The highest BCUT2D eigenvalue weighted by molar-refractivity contribution is 6.02. The molecule has 1 N–H and O–H groups in total. The summed E-state index contributed by atoms with van der Waals surface area (Å²) >= 11 is 0. The number of morpholine rings is 1. The first-order valence-electron chi connectivity index (χ1n) is 7.58. The zero-order valence-corrected chi connectivity index (χ0v) is 13.1. The van der Waals surface area contributed by atoms with Gasteiger partial charge in [0, 0.05) is 18.8 Å². The molecule has 0 saturated carbocycles. The molecule has 1 saturated heterocycles. The van der Waals surface area contributed by atoms with Crippen molar-refractivity contribution in [1.82, 2.24) is 10.2 Å². The average molecular weight is 352 g/mol. The smallest absolute Gasteiger partial charge is 0.378 e. The minimum Gasteiger partial charge on any atom is -0.378 e. The van der Waals surface area contributed by atoms with Crippen molar-refractivity contribution in [2.45, 2.75) is 6.18 Å². The maximum Gasteiger partial charge on any atom is 0.416 e. The first kappa shape index (κ1) is 17.2. The SMILES string of the molecule is O=C(Nc1cccc(C(F)(F)F)c1)c1ccc(N2CCOCC2)nn1. The molecular formula is C16H15F3N4O2. The second kappa shape index (κ2) is 7.06. The molecule has 1 amide bonds. The molecule has 0 bridgehead atoms. The fraction of sp³-hybridized carbons (Fsp3) is 0.312. The second-order valence-corrected chi connectivity index (χ2v) is 5.41. The van der Waals surface area contributed by atoms with Crippen LogP contribution >= 0.6 is 0 Å². The van der Waals surface area contributed by atoms with Crippen LogP contribution in [0, 0.1) is 0 Å². The Kier molecular flexibility index (Phi) is 4.84. The van der Waals surface area contributed by atoms with Gasteiger partial charge in [-0.15, -0.1) is 10.2 Å². The van der Waals surface area contributed by atoms with Gasteiger partial charge >= 0.3 is 6.18 Å². The number of hydrogen-bond donors (Lipinski definition) is 1. The molecule has 3 rings (SSSR count). The Balaban J connectivity index is 1.69. The van der Waals surface area contributed by atoms with Gasteiger partial charge in [0.05, 0.1) is 18.8 Å². The van der Waals surface area contributed by atoms with Gasteiger partial charge in [-0.3, -0.25) is 4.79 Å². The molecule has 1 aliphatic heterocycles. The van der Waals surface area contributed by atoms with Crippen molar-refractivity contribution in [3.8, 4) is 0 Å². The molecule has 9 heteroatoms. The molecule has 0 unspecified atom stereocenters. The number of benzene rings is 1. The highest BCUT2D eigenvalue weighted by Crippen LogP contribution is 2.30. The van der Waals surface area contributed by atoms with Gasteiger partial charge in [0.2, 0.25) is 0 Å². The highest BCUT2D eigenvalue weighted by atomic mass is 19.4. The first-order chi connectivity index (χ1) is 11.9. The summed E-state index contributed by atoms with van der Waals surface area (Å²) in [6.07, 6.45) is -4.47. The summed E-state index contributed by atoms with van der Waals surface area (Å²) in [7, 11) is 0. The Hall–Kier alpha value is -2.68. The fourth-order valence-corrected chi connectivity index (χ4v) is 2.38. The van der Waals surface area contributed by atoms with Crippen LogP contribution in [0.25, 0.3) is 0 Å². The number of ether oxygens (including phenoxy) is 1. The van der Waals surface area contributed by atoms with E-state index in [4.69, 9.17) is 4.74 Å². The maximum atomic E-state index is 12.7. The van der Waals surface area contributed by atoms with E-state index >= 15 is 0 Å². The van der Waals surface area contributed by atoms with E-state index in [1.807, 2.05) is 4.90 Å². The summed E-state index contributed by atoms with van der Waals surface area (Å²) in [5.41, 5.74) is -0.771. The van der Waals surface area contributed by atoms with Crippen LogP contribution in [0.1, 0.15) is 16.1 Å². The third-order valence-corrected chi connectivity index (χ3v) is 3.67. The Morgan fingerprint density at radius 1 is 1.12 bits per heavy atom. The van der Waals surface area contributed by atoms with Crippen LogP contribution in [0.4, 0.5) is 24.7 Å². The van der Waals surface area contributed by atoms with Crippen LogP contribution in [-0.2, 0) is 10.9 Å². The molecule has 0 radical (unpaired) electrons. The third-order valence-electron chi connectivity index (χ3n) is 3.67. The van der Waals surface area contributed by atoms with E-state index in [-0.39, 0.29) is 11.4 Å². The van der Waals surface area contributed by atoms with Crippen molar-refractivity contribution < 1.29 is 22.7 Å². The number of nitrogens with zero attached hydrogens (tertiary/aromatic N) is 3. The summed E-state index contributed by atoms with van der Waals surface area (Å²) in [5, 5.41) is 10.3. The summed E-state index contributed by atoms with van der Waals surface area (Å²) < 4.78 is 43.4. The van der Waals surface area contributed by atoms with E-state index in [0.29, 0.717) is 32.1 Å². The van der Waals surface area contributed by atoms with Crippen LogP contribution in [0.5, 0.6) is 0 Å². The molecule has 132 valence electrons. The number of anilines is 2. The molecule has 6 nitrogen and oxygen atoms in total. The van der Waals surface area contributed by atoms with Crippen molar-refractivity contribution in [2.75, 3.05) is 36.5 Å². The Labute approximate surface area is 141 Å². The lowest BCUT2D eigenvalue weighted by atomic mass is 10.2. The predicted molar refractivity (Wildman–Crippen MR) is 84.5 cm³/mol. The minimum atomic E-state index is -4.47. The zero-order valence-electron chi connectivity index (χ0n) is 13.1. The Morgan fingerprint density at radius 3 is 2.52 bits per heavy atom. The average Bonchev–Trinajstić information content (AvgIpc) is 2.62. The van der Waals surface area contributed by atoms with Gasteiger partial charge in [-0.2, -0.15) is 13.2 Å². The summed E-state index contributed by atoms with van der Waals surface area (Å²) in [4.78, 5) is 14.1. The number of alkyl halides is 3. The number of rotatable bonds is 3. The van der Waals surface area contributed by atoms with Crippen molar-refractivity contribution in [3.63, 3.8) is 0 Å². The second-order valence-electron chi connectivity index (χ2n) is 5.41. The molecular weight excluding hydrogens is 337 g/mol. The normalized spacial score (nSPS) is 15.1. The van der Waals surface area contributed by atoms with E-state index in [9.17, 15) is 18.0 Å². The molecule has 0 aliphatic carbocycles. The van der Waals surface area contributed by atoms with E-state index in [1.165, 1.54) is 18.2 Å². The Bertz CT molecular complexity index is 744. The molecule has 0 spiro atoms. The number of carbonyl (C=O) groups excluding carboxylic acids is 1. The van der Waals surface area contributed by atoms with Gasteiger partial charge in [0.25, 0.3) is 5.91 Å². The van der Waals surface area contributed by atoms with E-state index in [2.05, 4.69) is 15.5 Å². The van der Waals surface area contributed by atoms with Gasteiger partial charge < -0.3 is 15.0 Å². The standard InChI is InChI=1S/C16H15F3N4O2/c17-16(18,19)11-2-1-3-12(10-11)20-15(24)13-4-5-14(22-21-13)23-6-8-25-9-7-23/h1-5,10H,6-9H2,(H,20,24). The zero-order chi connectivity index (χ0) is 17.9. The fourth-order valence-electron chi connectivity index (χ4n) is 2.38. The maximum absolute atomic E-state index is 12.7. The van der Waals surface area contributed by atoms with Gasteiger partial charge in [-0.05, 0) is 30.3 Å². The van der Waals surface area contributed by atoms with Crippen LogP contribution in [-0.4, -0.2) is 42.4 Å². The molecule has 25 heavy (non-hydrogen) atoms. The van der Waals surface area contributed by atoms with Crippen LogP contribution in [0.15, 0.2) is 36.4 Å². The number of carbonyl (C=O) groups is 1. The van der Waals surface area contributed by atoms with E-state index in [0.717, 1.165) is 12.1 Å². The molecule has 1 fully saturated rings. The summed E-state index contributed by atoms with van der Waals surface area (Å²) in [6, 6.07) is 7.55. The number of hydrogen-bond acceptors (Lipinski definition) is 5. The Morgan fingerprint density at radius 2 is 1.88 bits per heavy atom. The molecule has 0 atom stereocenters. The number of amides is 1. The first-order valence-corrected chi connectivity index (χ1v) is 7.58. The molecule has 2 aromatic rings. The number of aromatic nitrogens is 2. The van der Waals surface area contributed by atoms with Gasteiger partial charge in [-0.25, -0.2) is 0 Å². The number of nitrogens with one attached hydrogen (secondary N) is 1. The van der Waals surface area contributed by atoms with E-state index < -0.39 is 17.6 Å². The van der Waals surface area contributed by atoms with Gasteiger partial charge in [0.1, 0.15) is 0 Å². The third kappa shape index (κ3) is 4.24. The van der Waals surface area contributed by atoms with Crippen molar-refractivity contribution in [1.29, 1.82) is 0 Å². The van der Waals surface area contributed by atoms with Gasteiger partial charge in [-0.1, -0.05) is 6.07 Å². The topological polar surface area (TPSA) is 67.4 Å². The lowest BCUT2D eigenvalue weighted by Gasteiger charge is -2.27. The lowest BCUT2D eigenvalue weighted by Crippen LogP contribution is -2.37. The van der Waals surface area contributed by atoms with Crippen molar-refractivity contribution in [3.05, 3.63) is 47.7 Å². The molecule has 2 heterocycles. The molecule has 1 aliphatic rings. The lowest BCUT2D eigenvalue weighted by molar-refractivity contribution is -0.137. The summed E-state index contributed by atoms with van der Waals surface area (Å²) in [5.74, 6) is -0.000675. The molecule has 1 aromatic carbocycles. The van der Waals surface area contributed by atoms with Crippen molar-refractivity contribution >= 4 is 17.4 Å². The van der Waals surface area contributed by atoms with Crippen molar-refractivity contribution in [2.24, 2.45) is 0 Å². The number of halogens is 3. The monoisotopic (exact) mass is 352 g/mol.